The SMILES string of the molecule is CC(C)Oc1ccccc1CNC1CCCOC1. The Kier molecular flexibility index (Phi) is 5.02. The summed E-state index contributed by atoms with van der Waals surface area (Å²) in [4.78, 5) is 0. The zero-order chi connectivity index (χ0) is 12.8. The van der Waals surface area contributed by atoms with E-state index in [1.807, 2.05) is 12.1 Å². The minimum atomic E-state index is 0.212. The molecule has 1 aliphatic rings. The summed E-state index contributed by atoms with van der Waals surface area (Å²) in [6, 6.07) is 8.71. The molecule has 0 bridgehead atoms. The molecule has 1 N–H and O–H groups in total. The molecule has 1 heterocycles. The van der Waals surface area contributed by atoms with E-state index in [1.165, 1.54) is 12.0 Å². The van der Waals surface area contributed by atoms with Crippen LogP contribution in [0.1, 0.15) is 32.3 Å². The van der Waals surface area contributed by atoms with Gasteiger partial charge in [0, 0.05) is 24.8 Å². The molecule has 0 saturated carbocycles. The standard InChI is InChI=1S/C15H23NO2/c1-12(2)18-15-8-4-3-6-13(15)10-16-14-7-5-9-17-11-14/h3-4,6,8,12,14,16H,5,7,9-11H2,1-2H3. The minimum absolute atomic E-state index is 0.212. The fraction of sp³-hybridized carbons (Fsp3) is 0.600. The second kappa shape index (κ2) is 6.76. The molecule has 0 spiro atoms. The van der Waals surface area contributed by atoms with Crippen LogP contribution in [0.25, 0.3) is 0 Å². The average Bonchev–Trinajstić information content (AvgIpc) is 2.38. The van der Waals surface area contributed by atoms with Crippen LogP contribution in [0.15, 0.2) is 24.3 Å². The Bertz CT molecular complexity index is 359. The number of ether oxygens (including phenoxy) is 2. The van der Waals surface area contributed by atoms with Crippen molar-refractivity contribution in [1.29, 1.82) is 0 Å². The van der Waals surface area contributed by atoms with E-state index in [2.05, 4.69) is 31.3 Å². The summed E-state index contributed by atoms with van der Waals surface area (Å²) >= 11 is 0. The predicted octanol–water partition coefficient (Wildman–Crippen LogP) is 2.74. The van der Waals surface area contributed by atoms with Crippen molar-refractivity contribution >= 4 is 0 Å². The van der Waals surface area contributed by atoms with Gasteiger partial charge >= 0.3 is 0 Å². The zero-order valence-electron chi connectivity index (χ0n) is 11.3. The molecule has 2 rings (SSSR count). The first-order valence-corrected chi connectivity index (χ1v) is 6.81. The number of benzene rings is 1. The highest BCUT2D eigenvalue weighted by atomic mass is 16.5. The first kappa shape index (κ1) is 13.4. The van der Waals surface area contributed by atoms with Gasteiger partial charge in [0.2, 0.25) is 0 Å². The van der Waals surface area contributed by atoms with Gasteiger partial charge in [0.1, 0.15) is 5.75 Å². The van der Waals surface area contributed by atoms with Crippen molar-refractivity contribution in [3.05, 3.63) is 29.8 Å². The van der Waals surface area contributed by atoms with Gasteiger partial charge in [-0.25, -0.2) is 0 Å². The van der Waals surface area contributed by atoms with Gasteiger partial charge in [-0.3, -0.25) is 0 Å². The van der Waals surface area contributed by atoms with Crippen LogP contribution in [-0.4, -0.2) is 25.4 Å². The molecule has 3 nitrogen and oxygen atoms in total. The third-order valence-corrected chi connectivity index (χ3v) is 3.08. The Morgan fingerprint density at radius 3 is 2.94 bits per heavy atom. The van der Waals surface area contributed by atoms with E-state index >= 15 is 0 Å². The maximum Gasteiger partial charge on any atom is 0.124 e. The van der Waals surface area contributed by atoms with Crippen molar-refractivity contribution in [2.75, 3.05) is 13.2 Å². The quantitative estimate of drug-likeness (QED) is 0.870. The molecule has 0 aliphatic carbocycles. The summed E-state index contributed by atoms with van der Waals surface area (Å²) in [6.07, 6.45) is 2.57. The largest absolute Gasteiger partial charge is 0.491 e. The highest BCUT2D eigenvalue weighted by molar-refractivity contribution is 5.33. The van der Waals surface area contributed by atoms with Gasteiger partial charge in [0.05, 0.1) is 12.7 Å². The van der Waals surface area contributed by atoms with Crippen molar-refractivity contribution in [3.63, 3.8) is 0 Å². The predicted molar refractivity (Wildman–Crippen MR) is 72.9 cm³/mol. The minimum Gasteiger partial charge on any atom is -0.491 e. The second-order valence-electron chi connectivity index (χ2n) is 5.07. The molecule has 3 heteroatoms. The van der Waals surface area contributed by atoms with E-state index in [4.69, 9.17) is 9.47 Å². The van der Waals surface area contributed by atoms with E-state index < -0.39 is 0 Å². The molecular formula is C15H23NO2. The van der Waals surface area contributed by atoms with Gasteiger partial charge in [-0.05, 0) is 32.8 Å². The lowest BCUT2D eigenvalue weighted by molar-refractivity contribution is 0.0698. The summed E-state index contributed by atoms with van der Waals surface area (Å²) in [6.45, 7) is 6.69. The van der Waals surface area contributed by atoms with Crippen molar-refractivity contribution in [2.45, 2.75) is 45.4 Å². The molecule has 1 unspecified atom stereocenters. The Morgan fingerprint density at radius 1 is 1.39 bits per heavy atom. The fourth-order valence-electron chi connectivity index (χ4n) is 2.17. The van der Waals surface area contributed by atoms with E-state index in [-0.39, 0.29) is 6.10 Å². The third kappa shape index (κ3) is 4.00. The third-order valence-electron chi connectivity index (χ3n) is 3.08. The molecular weight excluding hydrogens is 226 g/mol. The van der Waals surface area contributed by atoms with Crippen LogP contribution in [0.2, 0.25) is 0 Å². The topological polar surface area (TPSA) is 30.5 Å². The normalized spacial score (nSPS) is 20.1. The van der Waals surface area contributed by atoms with Crippen molar-refractivity contribution < 1.29 is 9.47 Å². The molecule has 1 aromatic rings. The summed E-state index contributed by atoms with van der Waals surface area (Å²) in [7, 11) is 0. The van der Waals surface area contributed by atoms with Crippen LogP contribution in [0.4, 0.5) is 0 Å². The molecule has 0 amide bonds. The van der Waals surface area contributed by atoms with E-state index in [0.29, 0.717) is 6.04 Å². The first-order chi connectivity index (χ1) is 8.75. The Labute approximate surface area is 109 Å². The number of rotatable bonds is 5. The van der Waals surface area contributed by atoms with Gasteiger partial charge in [0.25, 0.3) is 0 Å². The molecule has 0 radical (unpaired) electrons. The summed E-state index contributed by atoms with van der Waals surface area (Å²) in [5.41, 5.74) is 1.22. The smallest absolute Gasteiger partial charge is 0.124 e. The van der Waals surface area contributed by atoms with Gasteiger partial charge in [-0.15, -0.1) is 0 Å². The van der Waals surface area contributed by atoms with Gasteiger partial charge in [-0.2, -0.15) is 0 Å². The van der Waals surface area contributed by atoms with Crippen LogP contribution in [0.3, 0.4) is 0 Å². The van der Waals surface area contributed by atoms with Gasteiger partial charge < -0.3 is 14.8 Å². The van der Waals surface area contributed by atoms with Gasteiger partial charge in [-0.1, -0.05) is 18.2 Å². The second-order valence-corrected chi connectivity index (χ2v) is 5.07. The maximum atomic E-state index is 5.81. The van der Waals surface area contributed by atoms with Crippen LogP contribution in [0, 0.1) is 0 Å². The summed E-state index contributed by atoms with van der Waals surface area (Å²) in [5, 5.41) is 3.55. The number of para-hydroxylation sites is 1. The summed E-state index contributed by atoms with van der Waals surface area (Å²) < 4.78 is 11.3. The molecule has 0 aromatic heterocycles. The molecule has 18 heavy (non-hydrogen) atoms. The molecule has 1 saturated heterocycles. The Hall–Kier alpha value is -1.06. The highest BCUT2D eigenvalue weighted by Crippen LogP contribution is 2.19. The monoisotopic (exact) mass is 249 g/mol. The van der Waals surface area contributed by atoms with E-state index in [0.717, 1.165) is 31.9 Å². The lowest BCUT2D eigenvalue weighted by atomic mass is 10.1. The van der Waals surface area contributed by atoms with E-state index in [9.17, 15) is 0 Å². The highest BCUT2D eigenvalue weighted by Gasteiger charge is 2.14. The summed E-state index contributed by atoms with van der Waals surface area (Å²) in [5.74, 6) is 0.983. The lowest BCUT2D eigenvalue weighted by Crippen LogP contribution is -2.36. The van der Waals surface area contributed by atoms with Crippen molar-refractivity contribution in [2.24, 2.45) is 0 Å². The number of nitrogens with one attached hydrogen (secondary N) is 1. The van der Waals surface area contributed by atoms with Crippen LogP contribution in [0.5, 0.6) is 5.75 Å². The molecule has 1 aliphatic heterocycles. The Balaban J connectivity index is 1.91. The van der Waals surface area contributed by atoms with Crippen LogP contribution >= 0.6 is 0 Å². The fourth-order valence-corrected chi connectivity index (χ4v) is 2.17. The molecule has 1 aromatic carbocycles. The van der Waals surface area contributed by atoms with Crippen LogP contribution < -0.4 is 10.1 Å². The maximum absolute atomic E-state index is 5.81. The van der Waals surface area contributed by atoms with Crippen molar-refractivity contribution in [3.8, 4) is 5.75 Å². The number of hydrogen-bond donors (Lipinski definition) is 1. The van der Waals surface area contributed by atoms with Crippen LogP contribution in [-0.2, 0) is 11.3 Å². The zero-order valence-corrected chi connectivity index (χ0v) is 11.3. The first-order valence-electron chi connectivity index (χ1n) is 6.81. The Morgan fingerprint density at radius 2 is 2.22 bits per heavy atom. The molecule has 100 valence electrons. The van der Waals surface area contributed by atoms with Crippen molar-refractivity contribution in [1.82, 2.24) is 5.32 Å². The number of hydrogen-bond acceptors (Lipinski definition) is 3. The average molecular weight is 249 g/mol. The van der Waals surface area contributed by atoms with Gasteiger partial charge in [0.15, 0.2) is 0 Å². The lowest BCUT2D eigenvalue weighted by Gasteiger charge is -2.24. The van der Waals surface area contributed by atoms with E-state index in [1.54, 1.807) is 0 Å². The molecule has 1 atom stereocenters. The molecule has 1 fully saturated rings.